The molecule has 3 aromatic rings. The maximum absolute atomic E-state index is 12.4. The number of carbonyl (C=O) groups excluding carboxylic acids is 1. The Morgan fingerprint density at radius 1 is 1.07 bits per heavy atom. The minimum atomic E-state index is -3.73. The van der Waals surface area contributed by atoms with Crippen molar-refractivity contribution in [1.82, 2.24) is 19.8 Å². The number of likely N-dealkylation sites (N-methyl/N-ethyl adjacent to an activating group) is 1. The highest BCUT2D eigenvalue weighted by Crippen LogP contribution is 2.15. The summed E-state index contributed by atoms with van der Waals surface area (Å²) >= 11 is 0. The number of hydrogen-bond acceptors (Lipinski definition) is 6. The Balaban J connectivity index is 1.56. The zero-order chi connectivity index (χ0) is 19.3. The van der Waals surface area contributed by atoms with E-state index in [1.54, 1.807) is 18.2 Å². The average molecular weight is 386 g/mol. The lowest BCUT2D eigenvalue weighted by atomic mass is 10.2. The van der Waals surface area contributed by atoms with Crippen LogP contribution in [0.5, 0.6) is 0 Å². The van der Waals surface area contributed by atoms with Crippen molar-refractivity contribution in [1.29, 1.82) is 0 Å². The summed E-state index contributed by atoms with van der Waals surface area (Å²) in [7, 11) is -2.38. The Bertz CT molecular complexity index is 1000. The van der Waals surface area contributed by atoms with E-state index in [1.807, 2.05) is 30.3 Å². The Kier molecular flexibility index (Phi) is 5.63. The number of benzene rings is 2. The van der Waals surface area contributed by atoms with Crippen LogP contribution in [0.15, 0.2) is 70.1 Å². The summed E-state index contributed by atoms with van der Waals surface area (Å²) in [5.41, 5.74) is 0.799. The number of carbonyl (C=O) groups is 1. The highest BCUT2D eigenvalue weighted by molar-refractivity contribution is 7.89. The van der Waals surface area contributed by atoms with Gasteiger partial charge in [-0.1, -0.05) is 53.7 Å². The summed E-state index contributed by atoms with van der Waals surface area (Å²) < 4.78 is 30.9. The fraction of sp³-hybridized carbons (Fsp3) is 0.167. The third kappa shape index (κ3) is 4.57. The van der Waals surface area contributed by atoms with Gasteiger partial charge in [0.1, 0.15) is 0 Å². The first-order valence-electron chi connectivity index (χ1n) is 8.13. The fourth-order valence-corrected chi connectivity index (χ4v) is 3.47. The molecule has 0 aliphatic carbocycles. The summed E-state index contributed by atoms with van der Waals surface area (Å²) in [5, 5.41) is 6.44. The molecule has 0 atom stereocenters. The van der Waals surface area contributed by atoms with Gasteiger partial charge in [0.15, 0.2) is 0 Å². The van der Waals surface area contributed by atoms with Crippen molar-refractivity contribution in [2.24, 2.45) is 0 Å². The van der Waals surface area contributed by atoms with Crippen molar-refractivity contribution in [3.05, 3.63) is 66.6 Å². The van der Waals surface area contributed by atoms with E-state index in [0.29, 0.717) is 5.82 Å². The molecule has 8 nitrogen and oxygen atoms in total. The fourth-order valence-electron chi connectivity index (χ4n) is 2.32. The predicted molar refractivity (Wildman–Crippen MR) is 97.8 cm³/mol. The molecule has 1 heterocycles. The topological polar surface area (TPSA) is 105 Å². The third-order valence-corrected chi connectivity index (χ3v) is 5.57. The van der Waals surface area contributed by atoms with E-state index < -0.39 is 15.9 Å². The molecule has 2 aromatic carbocycles. The van der Waals surface area contributed by atoms with Gasteiger partial charge >= 0.3 is 0 Å². The number of nitrogens with zero attached hydrogens (tertiary/aromatic N) is 3. The van der Waals surface area contributed by atoms with Crippen LogP contribution < -0.4 is 5.32 Å². The summed E-state index contributed by atoms with van der Waals surface area (Å²) in [6.45, 7) is -0.311. The molecule has 0 saturated heterocycles. The number of aromatic nitrogens is 2. The molecule has 1 amide bonds. The number of nitrogens with one attached hydrogen (secondary N) is 1. The molecule has 0 aliphatic heterocycles. The molecule has 0 unspecified atom stereocenters. The van der Waals surface area contributed by atoms with Crippen LogP contribution in [0.25, 0.3) is 11.4 Å². The van der Waals surface area contributed by atoms with Gasteiger partial charge < -0.3 is 9.84 Å². The Morgan fingerprint density at radius 3 is 2.37 bits per heavy atom. The maximum Gasteiger partial charge on any atom is 0.246 e. The lowest BCUT2D eigenvalue weighted by molar-refractivity contribution is -0.121. The second kappa shape index (κ2) is 8.11. The van der Waals surface area contributed by atoms with Crippen molar-refractivity contribution in [2.45, 2.75) is 11.4 Å². The van der Waals surface area contributed by atoms with Crippen LogP contribution in [0.4, 0.5) is 0 Å². The molecule has 3 rings (SSSR count). The third-order valence-electron chi connectivity index (χ3n) is 3.75. The van der Waals surface area contributed by atoms with Crippen LogP contribution in [0, 0.1) is 0 Å². The average Bonchev–Trinajstić information content (AvgIpc) is 3.17. The van der Waals surface area contributed by atoms with E-state index in [9.17, 15) is 13.2 Å². The van der Waals surface area contributed by atoms with Gasteiger partial charge in [0.05, 0.1) is 18.0 Å². The summed E-state index contributed by atoms with van der Waals surface area (Å²) in [6, 6.07) is 17.2. The van der Waals surface area contributed by atoms with Gasteiger partial charge in [-0.05, 0) is 12.1 Å². The molecule has 0 saturated carbocycles. The standard InChI is InChI=1S/C18H18N4O4S/c1-22(27(24,25)15-10-6-3-7-11-15)13-16(23)19-12-17-20-18(21-26-17)14-8-4-2-5-9-14/h2-11H,12-13H2,1H3,(H,19,23). The lowest BCUT2D eigenvalue weighted by Crippen LogP contribution is -2.38. The van der Waals surface area contributed by atoms with Crippen molar-refractivity contribution >= 4 is 15.9 Å². The molecule has 0 aliphatic rings. The predicted octanol–water partition coefficient (Wildman–Crippen LogP) is 1.67. The van der Waals surface area contributed by atoms with Crippen molar-refractivity contribution in [3.63, 3.8) is 0 Å². The first-order chi connectivity index (χ1) is 13.0. The molecule has 140 valence electrons. The zero-order valence-electron chi connectivity index (χ0n) is 14.6. The number of hydrogen-bond donors (Lipinski definition) is 1. The van der Waals surface area contributed by atoms with Crippen LogP contribution in [-0.2, 0) is 21.4 Å². The van der Waals surface area contributed by atoms with E-state index in [2.05, 4.69) is 15.5 Å². The lowest BCUT2D eigenvalue weighted by Gasteiger charge is -2.16. The maximum atomic E-state index is 12.4. The minimum absolute atomic E-state index is 0.0118. The molecule has 9 heteroatoms. The van der Waals surface area contributed by atoms with E-state index in [0.717, 1.165) is 9.87 Å². The number of amides is 1. The van der Waals surface area contributed by atoms with Crippen LogP contribution in [0.3, 0.4) is 0 Å². The molecule has 0 spiro atoms. The first-order valence-corrected chi connectivity index (χ1v) is 9.57. The van der Waals surface area contributed by atoms with Crippen LogP contribution >= 0.6 is 0 Å². The van der Waals surface area contributed by atoms with Gasteiger partial charge in [-0.25, -0.2) is 8.42 Å². The summed E-state index contributed by atoms with van der Waals surface area (Å²) in [6.07, 6.45) is 0. The zero-order valence-corrected chi connectivity index (χ0v) is 15.4. The van der Waals surface area contributed by atoms with Gasteiger partial charge in [0.2, 0.25) is 27.6 Å². The second-order valence-electron chi connectivity index (χ2n) is 5.73. The minimum Gasteiger partial charge on any atom is -0.346 e. The highest BCUT2D eigenvalue weighted by atomic mass is 32.2. The molecule has 27 heavy (non-hydrogen) atoms. The monoisotopic (exact) mass is 386 g/mol. The largest absolute Gasteiger partial charge is 0.346 e. The van der Waals surface area contributed by atoms with Crippen molar-refractivity contribution < 1.29 is 17.7 Å². The van der Waals surface area contributed by atoms with Crippen molar-refractivity contribution in [2.75, 3.05) is 13.6 Å². The smallest absolute Gasteiger partial charge is 0.246 e. The molecule has 0 radical (unpaired) electrons. The van der Waals surface area contributed by atoms with Crippen LogP contribution in [-0.4, -0.2) is 42.4 Å². The van der Waals surface area contributed by atoms with Gasteiger partial charge in [-0.2, -0.15) is 9.29 Å². The van der Waals surface area contributed by atoms with Gasteiger partial charge in [0, 0.05) is 12.6 Å². The van der Waals surface area contributed by atoms with Gasteiger partial charge in [0.25, 0.3) is 0 Å². The van der Waals surface area contributed by atoms with E-state index in [4.69, 9.17) is 4.52 Å². The quantitative estimate of drug-likeness (QED) is 0.662. The molecular formula is C18H18N4O4S. The summed E-state index contributed by atoms with van der Waals surface area (Å²) in [5.74, 6) is 0.177. The van der Waals surface area contributed by atoms with Crippen LogP contribution in [0.2, 0.25) is 0 Å². The van der Waals surface area contributed by atoms with Gasteiger partial charge in [-0.15, -0.1) is 0 Å². The van der Waals surface area contributed by atoms with E-state index in [-0.39, 0.29) is 23.9 Å². The Morgan fingerprint density at radius 2 is 1.70 bits per heavy atom. The van der Waals surface area contributed by atoms with Crippen LogP contribution in [0.1, 0.15) is 5.89 Å². The van der Waals surface area contributed by atoms with Gasteiger partial charge in [-0.3, -0.25) is 4.79 Å². The van der Waals surface area contributed by atoms with Crippen molar-refractivity contribution in [3.8, 4) is 11.4 Å². The number of sulfonamides is 1. The number of rotatable bonds is 7. The second-order valence-corrected chi connectivity index (χ2v) is 7.77. The summed E-state index contributed by atoms with van der Waals surface area (Å²) in [4.78, 5) is 16.4. The molecule has 1 N–H and O–H groups in total. The van der Waals surface area contributed by atoms with E-state index >= 15 is 0 Å². The molecular weight excluding hydrogens is 368 g/mol. The van der Waals surface area contributed by atoms with E-state index in [1.165, 1.54) is 19.2 Å². The Hall–Kier alpha value is -3.04. The highest BCUT2D eigenvalue weighted by Gasteiger charge is 2.22. The SMILES string of the molecule is CN(CC(=O)NCc1nc(-c2ccccc2)no1)S(=O)(=O)c1ccccc1. The molecule has 0 bridgehead atoms. The Labute approximate surface area is 156 Å². The molecule has 0 fully saturated rings. The molecule has 1 aromatic heterocycles. The first kappa shape index (κ1) is 18.7. The normalized spacial score (nSPS) is 11.5.